The first kappa shape index (κ1) is 13.9. The minimum Gasteiger partial charge on any atom is -0.481 e. The minimum atomic E-state index is -0.832. The van der Waals surface area contributed by atoms with E-state index < -0.39 is 23.0 Å². The Labute approximate surface area is 110 Å². The number of halogens is 2. The van der Waals surface area contributed by atoms with Crippen molar-refractivity contribution in [1.29, 1.82) is 0 Å². The van der Waals surface area contributed by atoms with E-state index in [1.54, 1.807) is 6.92 Å². The minimum absolute atomic E-state index is 0.262. The van der Waals surface area contributed by atoms with E-state index in [1.165, 1.54) is 12.1 Å². The molecule has 0 aromatic heterocycles. The third kappa shape index (κ3) is 2.61. The van der Waals surface area contributed by atoms with Crippen LogP contribution in [-0.2, 0) is 4.79 Å². The van der Waals surface area contributed by atoms with Crippen LogP contribution in [0.1, 0.15) is 31.9 Å². The molecule has 19 heavy (non-hydrogen) atoms. The van der Waals surface area contributed by atoms with Gasteiger partial charge in [0.1, 0.15) is 11.6 Å². The Kier molecular flexibility index (Phi) is 3.58. The fourth-order valence-electron chi connectivity index (χ4n) is 2.54. The molecule has 0 aliphatic carbocycles. The number of rotatable bonds is 3. The van der Waals surface area contributed by atoms with E-state index in [9.17, 15) is 18.7 Å². The van der Waals surface area contributed by atoms with Crippen LogP contribution in [0.15, 0.2) is 18.2 Å². The molecule has 3 nitrogen and oxygen atoms in total. The van der Waals surface area contributed by atoms with Gasteiger partial charge in [-0.2, -0.15) is 0 Å². The topological polar surface area (TPSA) is 40.5 Å². The first-order valence-corrected chi connectivity index (χ1v) is 6.26. The van der Waals surface area contributed by atoms with E-state index in [0.29, 0.717) is 25.1 Å². The Morgan fingerprint density at radius 3 is 2.68 bits per heavy atom. The fourth-order valence-corrected chi connectivity index (χ4v) is 2.54. The molecular formula is C14H17F2NO2. The van der Waals surface area contributed by atoms with Gasteiger partial charge in [0.15, 0.2) is 0 Å². The Hall–Kier alpha value is -1.49. The van der Waals surface area contributed by atoms with Crippen LogP contribution in [0.3, 0.4) is 0 Å². The molecule has 0 amide bonds. The highest BCUT2D eigenvalue weighted by molar-refractivity contribution is 5.74. The highest BCUT2D eigenvalue weighted by atomic mass is 19.1. The molecule has 0 radical (unpaired) electrons. The van der Waals surface area contributed by atoms with Gasteiger partial charge >= 0.3 is 5.97 Å². The van der Waals surface area contributed by atoms with Crippen LogP contribution in [0.25, 0.3) is 0 Å². The van der Waals surface area contributed by atoms with Crippen molar-refractivity contribution in [3.05, 3.63) is 35.4 Å². The van der Waals surface area contributed by atoms with Crippen molar-refractivity contribution in [1.82, 2.24) is 4.90 Å². The van der Waals surface area contributed by atoms with Gasteiger partial charge in [-0.3, -0.25) is 9.69 Å². The second kappa shape index (κ2) is 4.89. The normalized spacial score (nSPS) is 25.5. The number of carboxylic acids is 1. The summed E-state index contributed by atoms with van der Waals surface area (Å²) in [6.07, 6.45) is 0.537. The van der Waals surface area contributed by atoms with Crippen molar-refractivity contribution in [2.75, 3.05) is 13.1 Å². The molecule has 1 heterocycles. The molecular weight excluding hydrogens is 252 g/mol. The summed E-state index contributed by atoms with van der Waals surface area (Å²) in [6, 6.07) is 3.24. The van der Waals surface area contributed by atoms with E-state index in [1.807, 2.05) is 11.8 Å². The summed E-state index contributed by atoms with van der Waals surface area (Å²) in [4.78, 5) is 13.1. The molecule has 1 fully saturated rings. The van der Waals surface area contributed by atoms with Gasteiger partial charge in [0.2, 0.25) is 0 Å². The van der Waals surface area contributed by atoms with Gasteiger partial charge < -0.3 is 5.11 Å². The van der Waals surface area contributed by atoms with Crippen LogP contribution >= 0.6 is 0 Å². The molecule has 0 bridgehead atoms. The molecule has 1 N–H and O–H groups in total. The third-order valence-corrected chi connectivity index (χ3v) is 3.98. The molecule has 2 atom stereocenters. The maximum Gasteiger partial charge on any atom is 0.310 e. The Morgan fingerprint density at radius 1 is 1.47 bits per heavy atom. The van der Waals surface area contributed by atoms with Crippen molar-refractivity contribution in [2.45, 2.75) is 26.3 Å². The van der Waals surface area contributed by atoms with Gasteiger partial charge in [-0.05, 0) is 32.9 Å². The van der Waals surface area contributed by atoms with Gasteiger partial charge in [0.25, 0.3) is 0 Å². The maximum atomic E-state index is 13.7. The van der Waals surface area contributed by atoms with E-state index >= 15 is 0 Å². The lowest BCUT2D eigenvalue weighted by atomic mass is 9.90. The van der Waals surface area contributed by atoms with Gasteiger partial charge in [-0.15, -0.1) is 0 Å². The molecule has 104 valence electrons. The van der Waals surface area contributed by atoms with Crippen molar-refractivity contribution in [2.24, 2.45) is 5.41 Å². The third-order valence-electron chi connectivity index (χ3n) is 3.98. The summed E-state index contributed by atoms with van der Waals surface area (Å²) in [7, 11) is 0. The molecule has 1 aromatic carbocycles. The molecule has 5 heteroatoms. The highest BCUT2D eigenvalue weighted by Crippen LogP contribution is 2.36. The van der Waals surface area contributed by atoms with Gasteiger partial charge in [0.05, 0.1) is 5.41 Å². The summed E-state index contributed by atoms with van der Waals surface area (Å²) >= 11 is 0. The SMILES string of the molecule is CC(c1ccc(F)cc1F)N1CCC(C)(C(=O)O)C1. The Morgan fingerprint density at radius 2 is 2.16 bits per heavy atom. The number of benzene rings is 1. The highest BCUT2D eigenvalue weighted by Gasteiger charge is 2.42. The zero-order chi connectivity index (χ0) is 14.2. The lowest BCUT2D eigenvalue weighted by molar-refractivity contribution is -0.147. The molecule has 1 saturated heterocycles. The summed E-state index contributed by atoms with van der Waals surface area (Å²) in [5.41, 5.74) is -0.388. The van der Waals surface area contributed by atoms with Crippen LogP contribution in [0, 0.1) is 17.0 Å². The molecule has 2 unspecified atom stereocenters. The molecule has 2 rings (SSSR count). The molecule has 1 aliphatic heterocycles. The number of hydrogen-bond acceptors (Lipinski definition) is 2. The second-order valence-electron chi connectivity index (χ2n) is 5.43. The summed E-state index contributed by atoms with van der Waals surface area (Å²) in [5, 5.41) is 9.18. The van der Waals surface area contributed by atoms with Crippen LogP contribution < -0.4 is 0 Å². The fraction of sp³-hybridized carbons (Fsp3) is 0.500. The monoisotopic (exact) mass is 269 g/mol. The molecule has 0 spiro atoms. The maximum absolute atomic E-state index is 13.7. The number of hydrogen-bond donors (Lipinski definition) is 1. The second-order valence-corrected chi connectivity index (χ2v) is 5.43. The summed E-state index contributed by atoms with van der Waals surface area (Å²) in [5.74, 6) is -2.02. The van der Waals surface area contributed by atoms with Gasteiger partial charge in [-0.1, -0.05) is 6.07 Å². The molecule has 1 aliphatic rings. The average Bonchev–Trinajstić information content (AvgIpc) is 2.73. The number of aliphatic carboxylic acids is 1. The zero-order valence-electron chi connectivity index (χ0n) is 11.0. The lowest BCUT2D eigenvalue weighted by Gasteiger charge is -2.26. The van der Waals surface area contributed by atoms with Gasteiger partial charge in [-0.25, -0.2) is 8.78 Å². The summed E-state index contributed by atoms with van der Waals surface area (Å²) in [6.45, 7) is 4.48. The van der Waals surface area contributed by atoms with Crippen LogP contribution in [0.5, 0.6) is 0 Å². The van der Waals surface area contributed by atoms with Gasteiger partial charge in [0, 0.05) is 24.2 Å². The Bertz CT molecular complexity index is 506. The largest absolute Gasteiger partial charge is 0.481 e. The number of carbonyl (C=O) groups is 1. The van der Waals surface area contributed by atoms with Crippen LogP contribution in [0.2, 0.25) is 0 Å². The van der Waals surface area contributed by atoms with Crippen molar-refractivity contribution in [3.8, 4) is 0 Å². The zero-order valence-corrected chi connectivity index (χ0v) is 11.0. The van der Waals surface area contributed by atoms with E-state index in [4.69, 9.17) is 0 Å². The molecule has 1 aromatic rings. The van der Waals surface area contributed by atoms with Crippen molar-refractivity contribution in [3.63, 3.8) is 0 Å². The predicted octanol–water partition coefficient (Wildman–Crippen LogP) is 2.82. The van der Waals surface area contributed by atoms with E-state index in [0.717, 1.165) is 6.07 Å². The standard InChI is InChI=1S/C14H17F2NO2/c1-9(11-4-3-10(15)7-12(11)16)17-6-5-14(2,8-17)13(18)19/h3-4,7,9H,5-6,8H2,1-2H3,(H,18,19). The van der Waals surface area contributed by atoms with Crippen LogP contribution in [-0.4, -0.2) is 29.1 Å². The quantitative estimate of drug-likeness (QED) is 0.917. The Balaban J connectivity index is 2.17. The first-order valence-electron chi connectivity index (χ1n) is 6.26. The number of carboxylic acid groups (broad SMARTS) is 1. The average molecular weight is 269 g/mol. The number of likely N-dealkylation sites (tertiary alicyclic amines) is 1. The van der Waals surface area contributed by atoms with Crippen molar-refractivity contribution >= 4 is 5.97 Å². The van der Waals surface area contributed by atoms with E-state index in [2.05, 4.69) is 0 Å². The molecule has 0 saturated carbocycles. The first-order chi connectivity index (χ1) is 8.83. The van der Waals surface area contributed by atoms with Crippen LogP contribution in [0.4, 0.5) is 8.78 Å². The smallest absolute Gasteiger partial charge is 0.310 e. The van der Waals surface area contributed by atoms with Crippen molar-refractivity contribution < 1.29 is 18.7 Å². The van der Waals surface area contributed by atoms with E-state index in [-0.39, 0.29) is 6.04 Å². The summed E-state index contributed by atoms with van der Waals surface area (Å²) < 4.78 is 26.6. The lowest BCUT2D eigenvalue weighted by Crippen LogP contribution is -2.33. The predicted molar refractivity (Wildman–Crippen MR) is 66.7 cm³/mol. The number of nitrogens with zero attached hydrogens (tertiary/aromatic N) is 1.